The van der Waals surface area contributed by atoms with Crippen LogP contribution in [-0.2, 0) is 4.79 Å². The molecular formula is C12H22N2O. The topological polar surface area (TPSA) is 32.3 Å². The van der Waals surface area contributed by atoms with Crippen molar-refractivity contribution in [2.75, 3.05) is 19.6 Å². The third-order valence-electron chi connectivity index (χ3n) is 3.53. The Bertz CT molecular complexity index is 220. The highest BCUT2D eigenvalue weighted by molar-refractivity contribution is 5.78. The molecule has 0 aromatic heterocycles. The Morgan fingerprint density at radius 1 is 1.33 bits per heavy atom. The van der Waals surface area contributed by atoms with Crippen LogP contribution in [0.25, 0.3) is 0 Å². The van der Waals surface area contributed by atoms with Gasteiger partial charge in [-0.3, -0.25) is 9.69 Å². The molecule has 2 fully saturated rings. The molecule has 1 N–H and O–H groups in total. The average molecular weight is 210 g/mol. The van der Waals surface area contributed by atoms with Crippen molar-refractivity contribution in [1.29, 1.82) is 0 Å². The summed E-state index contributed by atoms with van der Waals surface area (Å²) in [7, 11) is 0. The highest BCUT2D eigenvalue weighted by Gasteiger charge is 2.29. The zero-order chi connectivity index (χ0) is 10.7. The highest BCUT2D eigenvalue weighted by atomic mass is 16.2. The minimum atomic E-state index is 0.219. The fourth-order valence-corrected chi connectivity index (χ4v) is 2.33. The van der Waals surface area contributed by atoms with Crippen LogP contribution in [0.15, 0.2) is 0 Å². The molecule has 2 rings (SSSR count). The van der Waals surface area contributed by atoms with Crippen LogP contribution < -0.4 is 5.32 Å². The van der Waals surface area contributed by atoms with E-state index in [1.54, 1.807) is 0 Å². The van der Waals surface area contributed by atoms with Crippen molar-refractivity contribution < 1.29 is 4.79 Å². The lowest BCUT2D eigenvalue weighted by Crippen LogP contribution is -2.43. The van der Waals surface area contributed by atoms with E-state index in [-0.39, 0.29) is 5.91 Å². The number of carbonyl (C=O) groups is 1. The predicted octanol–water partition coefficient (Wildman–Crippen LogP) is 1.39. The molecule has 1 saturated heterocycles. The molecule has 15 heavy (non-hydrogen) atoms. The van der Waals surface area contributed by atoms with Gasteiger partial charge in [-0.15, -0.1) is 0 Å². The molecule has 0 radical (unpaired) electrons. The van der Waals surface area contributed by atoms with Gasteiger partial charge in [-0.1, -0.05) is 6.42 Å². The molecule has 0 aromatic carbocycles. The van der Waals surface area contributed by atoms with Crippen LogP contribution >= 0.6 is 0 Å². The van der Waals surface area contributed by atoms with Gasteiger partial charge in [0.1, 0.15) is 0 Å². The van der Waals surface area contributed by atoms with Crippen LogP contribution in [0.2, 0.25) is 0 Å². The van der Waals surface area contributed by atoms with Crippen molar-refractivity contribution in [1.82, 2.24) is 10.2 Å². The largest absolute Gasteiger partial charge is 0.352 e. The van der Waals surface area contributed by atoms with Crippen molar-refractivity contribution in [3.63, 3.8) is 0 Å². The summed E-state index contributed by atoms with van der Waals surface area (Å²) in [6.45, 7) is 4.94. The molecule has 3 heteroatoms. The number of hydrogen-bond donors (Lipinski definition) is 1. The third kappa shape index (κ3) is 3.49. The molecular weight excluding hydrogens is 188 g/mol. The van der Waals surface area contributed by atoms with Crippen LogP contribution in [0.4, 0.5) is 0 Å². The van der Waals surface area contributed by atoms with Gasteiger partial charge in [-0.25, -0.2) is 0 Å². The Morgan fingerprint density at radius 2 is 2.00 bits per heavy atom. The number of likely N-dealkylation sites (tertiary alicyclic amines) is 1. The number of rotatable bonds is 4. The van der Waals surface area contributed by atoms with Crippen molar-refractivity contribution >= 4 is 5.91 Å². The van der Waals surface area contributed by atoms with Crippen LogP contribution in [-0.4, -0.2) is 36.5 Å². The van der Waals surface area contributed by atoms with E-state index >= 15 is 0 Å². The molecule has 3 nitrogen and oxygen atoms in total. The molecule has 1 saturated carbocycles. The lowest BCUT2D eigenvalue weighted by atomic mass is 10.1. The maximum atomic E-state index is 11.7. The van der Waals surface area contributed by atoms with Gasteiger partial charge in [0.2, 0.25) is 5.91 Å². The molecule has 0 aromatic rings. The Balaban J connectivity index is 1.66. The molecule has 0 spiro atoms. The lowest BCUT2D eigenvalue weighted by molar-refractivity contribution is -0.123. The summed E-state index contributed by atoms with van der Waals surface area (Å²) in [5, 5.41) is 3.11. The van der Waals surface area contributed by atoms with Crippen LogP contribution in [0.5, 0.6) is 0 Å². The van der Waals surface area contributed by atoms with Gasteiger partial charge in [-0.05, 0) is 51.6 Å². The zero-order valence-corrected chi connectivity index (χ0v) is 9.67. The Kier molecular flexibility index (Phi) is 3.62. The van der Waals surface area contributed by atoms with E-state index < -0.39 is 0 Å². The van der Waals surface area contributed by atoms with Crippen LogP contribution in [0.3, 0.4) is 0 Å². The molecule has 1 heterocycles. The number of hydrogen-bond acceptors (Lipinski definition) is 2. The van der Waals surface area contributed by atoms with Gasteiger partial charge >= 0.3 is 0 Å². The van der Waals surface area contributed by atoms with E-state index in [0.29, 0.717) is 12.6 Å². The van der Waals surface area contributed by atoms with Crippen molar-refractivity contribution in [3.05, 3.63) is 0 Å². The monoisotopic (exact) mass is 210 g/mol. The molecule has 86 valence electrons. The SMILES string of the molecule is CC(NC(=O)CN1CCCCC1)C1CC1. The number of carbonyl (C=O) groups excluding carboxylic acids is 1. The van der Waals surface area contributed by atoms with Crippen molar-refractivity contribution in [3.8, 4) is 0 Å². The van der Waals surface area contributed by atoms with Gasteiger partial charge in [0.25, 0.3) is 0 Å². The molecule has 1 atom stereocenters. The lowest BCUT2D eigenvalue weighted by Gasteiger charge is -2.26. The maximum absolute atomic E-state index is 11.7. The summed E-state index contributed by atoms with van der Waals surface area (Å²) in [5.74, 6) is 0.978. The second-order valence-corrected chi connectivity index (χ2v) is 5.03. The van der Waals surface area contributed by atoms with Gasteiger partial charge in [0, 0.05) is 6.04 Å². The molecule has 0 bridgehead atoms. The standard InChI is InChI=1S/C12H22N2O/c1-10(11-5-6-11)13-12(15)9-14-7-3-2-4-8-14/h10-11H,2-9H2,1H3,(H,13,15). The van der Waals surface area contributed by atoms with Gasteiger partial charge in [0.05, 0.1) is 6.54 Å². The third-order valence-corrected chi connectivity index (χ3v) is 3.53. The summed E-state index contributed by atoms with van der Waals surface area (Å²) >= 11 is 0. The molecule has 1 aliphatic carbocycles. The number of nitrogens with zero attached hydrogens (tertiary/aromatic N) is 1. The first-order chi connectivity index (χ1) is 7.25. The number of nitrogens with one attached hydrogen (secondary N) is 1. The van der Waals surface area contributed by atoms with Gasteiger partial charge in [-0.2, -0.15) is 0 Å². The first-order valence-electron chi connectivity index (χ1n) is 6.27. The first-order valence-corrected chi connectivity index (χ1v) is 6.27. The fraction of sp³-hybridized carbons (Fsp3) is 0.917. The predicted molar refractivity (Wildman–Crippen MR) is 60.6 cm³/mol. The zero-order valence-electron chi connectivity index (χ0n) is 9.67. The van der Waals surface area contributed by atoms with E-state index in [2.05, 4.69) is 17.1 Å². The Hall–Kier alpha value is -0.570. The minimum Gasteiger partial charge on any atom is -0.352 e. The summed E-state index contributed by atoms with van der Waals surface area (Å²) in [5.41, 5.74) is 0. The van der Waals surface area contributed by atoms with E-state index in [0.717, 1.165) is 19.0 Å². The summed E-state index contributed by atoms with van der Waals surface area (Å²) < 4.78 is 0. The molecule has 1 unspecified atom stereocenters. The van der Waals surface area contributed by atoms with Crippen molar-refractivity contribution in [2.24, 2.45) is 5.92 Å². The van der Waals surface area contributed by atoms with Crippen LogP contribution in [0, 0.1) is 5.92 Å². The Morgan fingerprint density at radius 3 is 2.60 bits per heavy atom. The summed E-state index contributed by atoms with van der Waals surface area (Å²) in [4.78, 5) is 14.0. The molecule has 1 aliphatic heterocycles. The van der Waals surface area contributed by atoms with Crippen LogP contribution in [0.1, 0.15) is 39.0 Å². The van der Waals surface area contributed by atoms with E-state index in [4.69, 9.17) is 0 Å². The van der Waals surface area contributed by atoms with E-state index in [1.165, 1.54) is 32.1 Å². The van der Waals surface area contributed by atoms with E-state index in [9.17, 15) is 4.79 Å². The minimum absolute atomic E-state index is 0.219. The second-order valence-electron chi connectivity index (χ2n) is 5.03. The second kappa shape index (κ2) is 4.97. The van der Waals surface area contributed by atoms with E-state index in [1.807, 2.05) is 0 Å². The number of amides is 1. The summed E-state index contributed by atoms with van der Waals surface area (Å²) in [6, 6.07) is 0.391. The average Bonchev–Trinajstić information content (AvgIpc) is 3.01. The molecule has 2 aliphatic rings. The molecule has 1 amide bonds. The number of piperidine rings is 1. The smallest absolute Gasteiger partial charge is 0.234 e. The van der Waals surface area contributed by atoms with Crippen molar-refractivity contribution in [2.45, 2.75) is 45.1 Å². The van der Waals surface area contributed by atoms with Gasteiger partial charge in [0.15, 0.2) is 0 Å². The first kappa shape index (κ1) is 10.9. The summed E-state index contributed by atoms with van der Waals surface area (Å²) in [6.07, 6.45) is 6.43. The normalized spacial score (nSPS) is 24.9. The quantitative estimate of drug-likeness (QED) is 0.760. The Labute approximate surface area is 92.2 Å². The van der Waals surface area contributed by atoms with Gasteiger partial charge < -0.3 is 5.32 Å². The highest BCUT2D eigenvalue weighted by Crippen LogP contribution is 2.32. The fourth-order valence-electron chi connectivity index (χ4n) is 2.33. The maximum Gasteiger partial charge on any atom is 0.234 e.